The van der Waals surface area contributed by atoms with Crippen LogP contribution in [-0.4, -0.2) is 16.9 Å². The van der Waals surface area contributed by atoms with Gasteiger partial charge in [0.15, 0.2) is 0 Å². The van der Waals surface area contributed by atoms with Gasteiger partial charge < -0.3 is 15.8 Å². The zero-order chi connectivity index (χ0) is 15.2. The van der Waals surface area contributed by atoms with Gasteiger partial charge in [-0.15, -0.1) is 0 Å². The van der Waals surface area contributed by atoms with E-state index >= 15 is 0 Å². The van der Waals surface area contributed by atoms with Crippen LogP contribution in [0, 0.1) is 0 Å². The van der Waals surface area contributed by atoms with Crippen molar-refractivity contribution in [3.8, 4) is 11.6 Å². The number of carbonyl (C=O) groups excluding carboxylic acids is 1. The summed E-state index contributed by atoms with van der Waals surface area (Å²) < 4.78 is 5.58. The molecule has 2 aromatic rings. The highest BCUT2D eigenvalue weighted by molar-refractivity contribution is 6.30. The molecule has 1 aromatic heterocycles. The van der Waals surface area contributed by atoms with Crippen LogP contribution in [0.15, 0.2) is 42.6 Å². The van der Waals surface area contributed by atoms with Crippen LogP contribution in [0.5, 0.6) is 11.6 Å². The Labute approximate surface area is 128 Å². The Balaban J connectivity index is 2.01. The first kappa shape index (κ1) is 15.1. The largest absolute Gasteiger partial charge is 0.439 e. The third kappa shape index (κ3) is 4.36. The summed E-state index contributed by atoms with van der Waals surface area (Å²) in [5, 5.41) is 3.62. The number of primary amides is 1. The van der Waals surface area contributed by atoms with E-state index in [2.05, 4.69) is 10.3 Å². The number of nitrogens with zero attached hydrogens (tertiary/aromatic N) is 1. The molecule has 0 spiro atoms. The van der Waals surface area contributed by atoms with Crippen molar-refractivity contribution in [2.45, 2.75) is 19.4 Å². The van der Waals surface area contributed by atoms with Crippen LogP contribution in [-0.2, 0) is 4.79 Å². The fourth-order valence-electron chi connectivity index (χ4n) is 1.74. The molecule has 6 heteroatoms. The van der Waals surface area contributed by atoms with Crippen molar-refractivity contribution < 1.29 is 9.53 Å². The maximum Gasteiger partial charge on any atom is 0.239 e. The van der Waals surface area contributed by atoms with Gasteiger partial charge in [0.25, 0.3) is 0 Å². The van der Waals surface area contributed by atoms with Crippen LogP contribution >= 0.6 is 11.6 Å². The molecular formula is C15H16ClN3O2. The van der Waals surface area contributed by atoms with E-state index in [1.54, 1.807) is 24.3 Å². The number of aromatic nitrogens is 1. The van der Waals surface area contributed by atoms with Crippen molar-refractivity contribution in [3.63, 3.8) is 0 Å². The summed E-state index contributed by atoms with van der Waals surface area (Å²) in [6, 6.07) is 10.2. The first-order valence-corrected chi connectivity index (χ1v) is 6.91. The van der Waals surface area contributed by atoms with Crippen LogP contribution < -0.4 is 15.8 Å². The van der Waals surface area contributed by atoms with Gasteiger partial charge >= 0.3 is 0 Å². The molecule has 0 bridgehead atoms. The van der Waals surface area contributed by atoms with Crippen molar-refractivity contribution in [3.05, 3.63) is 47.6 Å². The highest BCUT2D eigenvalue weighted by atomic mass is 35.5. The van der Waals surface area contributed by atoms with Gasteiger partial charge in [0, 0.05) is 18.0 Å². The number of hydrogen-bond acceptors (Lipinski definition) is 4. The topological polar surface area (TPSA) is 77.2 Å². The Morgan fingerprint density at radius 3 is 2.57 bits per heavy atom. The fraction of sp³-hybridized carbons (Fsp3) is 0.200. The summed E-state index contributed by atoms with van der Waals surface area (Å²) in [6.45, 7) is 1.89. The standard InChI is InChI=1S/C15H16ClN3O2/c1-2-13(15(17)20)19-11-4-6-12(7-5-11)21-14-8-3-10(16)9-18-14/h3-9,13,19H,2H2,1H3,(H2,17,20)/t13-/m1/s1. The number of halogens is 1. The van der Waals surface area contributed by atoms with Crippen LogP contribution in [0.25, 0.3) is 0 Å². The molecule has 3 N–H and O–H groups in total. The van der Waals surface area contributed by atoms with Crippen LogP contribution in [0.4, 0.5) is 5.69 Å². The molecule has 0 unspecified atom stereocenters. The summed E-state index contributed by atoms with van der Waals surface area (Å²) in [5.41, 5.74) is 6.10. The number of amides is 1. The third-order valence-corrected chi connectivity index (χ3v) is 3.09. The predicted octanol–water partition coefficient (Wildman–Crippen LogP) is 3.20. The normalized spacial score (nSPS) is 11.7. The molecule has 1 heterocycles. The quantitative estimate of drug-likeness (QED) is 0.859. The van der Waals surface area contributed by atoms with E-state index in [1.807, 2.05) is 19.1 Å². The number of hydrogen-bond donors (Lipinski definition) is 2. The molecule has 2 rings (SSSR count). The molecule has 0 saturated heterocycles. The van der Waals surface area contributed by atoms with Gasteiger partial charge in [0.05, 0.1) is 5.02 Å². The molecule has 1 amide bonds. The number of ether oxygens (including phenoxy) is 1. The highest BCUT2D eigenvalue weighted by Gasteiger charge is 2.11. The third-order valence-electron chi connectivity index (χ3n) is 2.87. The van der Waals surface area contributed by atoms with Crippen molar-refractivity contribution in [1.82, 2.24) is 4.98 Å². The molecule has 0 radical (unpaired) electrons. The number of benzene rings is 1. The second kappa shape index (κ2) is 6.95. The molecule has 1 atom stereocenters. The first-order valence-electron chi connectivity index (χ1n) is 6.54. The SMILES string of the molecule is CC[C@@H](Nc1ccc(Oc2ccc(Cl)cn2)cc1)C(N)=O. The van der Waals surface area contributed by atoms with Gasteiger partial charge in [0.1, 0.15) is 11.8 Å². The molecule has 0 saturated carbocycles. The average molecular weight is 306 g/mol. The molecule has 1 aromatic carbocycles. The average Bonchev–Trinajstić information content (AvgIpc) is 2.48. The second-order valence-corrected chi connectivity index (χ2v) is 4.89. The van der Waals surface area contributed by atoms with Crippen LogP contribution in [0.1, 0.15) is 13.3 Å². The zero-order valence-electron chi connectivity index (χ0n) is 11.5. The molecule has 0 aliphatic heterocycles. The fourth-order valence-corrected chi connectivity index (χ4v) is 1.85. The van der Waals surface area contributed by atoms with E-state index in [-0.39, 0.29) is 11.9 Å². The molecular weight excluding hydrogens is 290 g/mol. The van der Waals surface area contributed by atoms with E-state index in [1.165, 1.54) is 6.20 Å². The Morgan fingerprint density at radius 1 is 1.33 bits per heavy atom. The minimum absolute atomic E-state index is 0.372. The van der Waals surface area contributed by atoms with E-state index in [0.717, 1.165) is 5.69 Å². The van der Waals surface area contributed by atoms with Crippen molar-refractivity contribution in [2.75, 3.05) is 5.32 Å². The Morgan fingerprint density at radius 2 is 2.05 bits per heavy atom. The van der Waals surface area contributed by atoms with Gasteiger partial charge in [0.2, 0.25) is 11.8 Å². The highest BCUT2D eigenvalue weighted by Crippen LogP contribution is 2.22. The maximum atomic E-state index is 11.2. The summed E-state index contributed by atoms with van der Waals surface area (Å²) in [5.74, 6) is 0.731. The van der Waals surface area contributed by atoms with Gasteiger partial charge in [-0.25, -0.2) is 4.98 Å². The Bertz CT molecular complexity index is 599. The number of anilines is 1. The van der Waals surface area contributed by atoms with Crippen molar-refractivity contribution in [1.29, 1.82) is 0 Å². The van der Waals surface area contributed by atoms with Gasteiger partial charge in [-0.1, -0.05) is 18.5 Å². The molecule has 0 aliphatic rings. The minimum atomic E-state index is -0.380. The smallest absolute Gasteiger partial charge is 0.239 e. The Hall–Kier alpha value is -2.27. The van der Waals surface area contributed by atoms with E-state index in [9.17, 15) is 4.79 Å². The van der Waals surface area contributed by atoms with Crippen LogP contribution in [0.2, 0.25) is 5.02 Å². The minimum Gasteiger partial charge on any atom is -0.439 e. The van der Waals surface area contributed by atoms with E-state index < -0.39 is 0 Å². The summed E-state index contributed by atoms with van der Waals surface area (Å²) >= 11 is 5.76. The van der Waals surface area contributed by atoms with Crippen molar-refractivity contribution >= 4 is 23.2 Å². The lowest BCUT2D eigenvalue weighted by atomic mass is 10.2. The molecule has 5 nitrogen and oxygen atoms in total. The monoisotopic (exact) mass is 305 g/mol. The number of nitrogens with two attached hydrogens (primary N) is 1. The van der Waals surface area contributed by atoms with Crippen molar-refractivity contribution in [2.24, 2.45) is 5.73 Å². The van der Waals surface area contributed by atoms with E-state index in [0.29, 0.717) is 23.1 Å². The molecule has 110 valence electrons. The number of pyridine rings is 1. The molecule has 0 aliphatic carbocycles. The van der Waals surface area contributed by atoms with Gasteiger partial charge in [-0.3, -0.25) is 4.79 Å². The van der Waals surface area contributed by atoms with Gasteiger partial charge in [-0.2, -0.15) is 0 Å². The van der Waals surface area contributed by atoms with Crippen LogP contribution in [0.3, 0.4) is 0 Å². The van der Waals surface area contributed by atoms with E-state index in [4.69, 9.17) is 22.1 Å². The Kier molecular flexibility index (Phi) is 5.00. The van der Waals surface area contributed by atoms with Gasteiger partial charge in [-0.05, 0) is 36.8 Å². The lowest BCUT2D eigenvalue weighted by Crippen LogP contribution is -2.34. The zero-order valence-corrected chi connectivity index (χ0v) is 12.3. The molecule has 0 fully saturated rings. The summed E-state index contributed by atoms with van der Waals surface area (Å²) in [4.78, 5) is 15.2. The number of nitrogens with one attached hydrogen (secondary N) is 1. The summed E-state index contributed by atoms with van der Waals surface area (Å²) in [6.07, 6.45) is 2.15. The lowest BCUT2D eigenvalue weighted by Gasteiger charge is -2.14. The summed E-state index contributed by atoms with van der Waals surface area (Å²) in [7, 11) is 0. The molecule has 21 heavy (non-hydrogen) atoms. The first-order chi connectivity index (χ1) is 10.1. The lowest BCUT2D eigenvalue weighted by molar-refractivity contribution is -0.118. The number of rotatable bonds is 6. The number of carbonyl (C=O) groups is 1. The predicted molar refractivity (Wildman–Crippen MR) is 82.7 cm³/mol. The second-order valence-electron chi connectivity index (χ2n) is 4.45. The maximum absolute atomic E-state index is 11.2.